The number of pyridine rings is 1. The van der Waals surface area contributed by atoms with Gasteiger partial charge in [-0.15, -0.1) is 0 Å². The predicted molar refractivity (Wildman–Crippen MR) is 143 cm³/mol. The van der Waals surface area contributed by atoms with E-state index in [0.29, 0.717) is 23.8 Å². The van der Waals surface area contributed by atoms with Gasteiger partial charge < -0.3 is 14.6 Å². The zero-order chi connectivity index (χ0) is 25.0. The lowest BCUT2D eigenvalue weighted by Gasteiger charge is -2.55. The number of carbonyl (C=O) groups is 1. The van der Waals surface area contributed by atoms with E-state index in [1.807, 2.05) is 4.90 Å². The van der Waals surface area contributed by atoms with Gasteiger partial charge in [0.2, 0.25) is 5.91 Å². The fourth-order valence-electron chi connectivity index (χ4n) is 6.52. The zero-order valence-electron chi connectivity index (χ0n) is 22.1. The summed E-state index contributed by atoms with van der Waals surface area (Å²) < 4.78 is 5.34. The number of aromatic amines is 1. The lowest BCUT2D eigenvalue weighted by atomic mass is 9.78. The van der Waals surface area contributed by atoms with Crippen LogP contribution >= 0.6 is 0 Å². The van der Waals surface area contributed by atoms with Gasteiger partial charge >= 0.3 is 0 Å². The summed E-state index contributed by atoms with van der Waals surface area (Å²) in [5.41, 5.74) is 8.87. The Morgan fingerprint density at radius 3 is 2.42 bits per heavy atom. The molecule has 6 heteroatoms. The number of hydrogen-bond acceptors (Lipinski definition) is 4. The van der Waals surface area contributed by atoms with E-state index in [4.69, 9.17) is 4.74 Å². The summed E-state index contributed by atoms with van der Waals surface area (Å²) in [6, 6.07) is 11.4. The van der Waals surface area contributed by atoms with Crippen molar-refractivity contribution in [2.24, 2.45) is 5.41 Å². The Kier molecular flexibility index (Phi) is 5.92. The van der Waals surface area contributed by atoms with Crippen LogP contribution in [0.15, 0.2) is 30.3 Å². The molecule has 0 bridgehead atoms. The fourth-order valence-corrected chi connectivity index (χ4v) is 6.52. The molecule has 36 heavy (non-hydrogen) atoms. The molecule has 2 aromatic heterocycles. The van der Waals surface area contributed by atoms with Gasteiger partial charge in [-0.2, -0.15) is 0 Å². The molecular weight excluding hydrogens is 448 g/mol. The molecule has 1 N–H and O–H groups in total. The summed E-state index contributed by atoms with van der Waals surface area (Å²) in [5, 5.41) is 1.34. The quantitative estimate of drug-likeness (QED) is 0.551. The molecule has 1 amide bonds. The maximum atomic E-state index is 12.7. The minimum Gasteiger partial charge on any atom is -0.380 e. The van der Waals surface area contributed by atoms with Crippen LogP contribution in [0.5, 0.6) is 0 Å². The van der Waals surface area contributed by atoms with Crippen LogP contribution in [-0.4, -0.2) is 71.6 Å². The molecule has 1 spiro atoms. The van der Waals surface area contributed by atoms with Crippen molar-refractivity contribution in [3.8, 4) is 11.3 Å². The van der Waals surface area contributed by atoms with Crippen molar-refractivity contribution in [2.75, 3.05) is 45.9 Å². The molecule has 0 unspecified atom stereocenters. The Bertz CT molecular complexity index is 1270. The fraction of sp³-hybridized carbons (Fsp3) is 0.533. The van der Waals surface area contributed by atoms with Gasteiger partial charge in [0.15, 0.2) is 0 Å². The number of H-pyrrole nitrogens is 1. The maximum absolute atomic E-state index is 12.7. The molecular formula is C30H38N4O2. The number of ether oxygens (including phenoxy) is 1. The van der Waals surface area contributed by atoms with Gasteiger partial charge in [-0.1, -0.05) is 19.9 Å². The Morgan fingerprint density at radius 1 is 1.11 bits per heavy atom. The number of aryl methyl sites for hydroxylation is 2. The largest absolute Gasteiger partial charge is 0.380 e. The molecule has 190 valence electrons. The smallest absolute Gasteiger partial charge is 0.236 e. The van der Waals surface area contributed by atoms with E-state index in [0.717, 1.165) is 63.6 Å². The second-order valence-corrected chi connectivity index (χ2v) is 11.8. The molecule has 6 rings (SSSR count). The lowest BCUT2D eigenvalue weighted by molar-refractivity contribution is -0.195. The normalized spacial score (nSPS) is 20.2. The molecule has 3 fully saturated rings. The third kappa shape index (κ3) is 4.24. The highest BCUT2D eigenvalue weighted by Crippen LogP contribution is 2.39. The lowest BCUT2D eigenvalue weighted by Crippen LogP contribution is -2.68. The topological polar surface area (TPSA) is 61.5 Å². The second kappa shape index (κ2) is 9.00. The molecule has 0 aliphatic carbocycles. The van der Waals surface area contributed by atoms with Gasteiger partial charge in [0.25, 0.3) is 0 Å². The van der Waals surface area contributed by atoms with Crippen molar-refractivity contribution in [2.45, 2.75) is 52.4 Å². The monoisotopic (exact) mass is 486 g/mol. The number of amides is 1. The number of likely N-dealkylation sites (tertiary alicyclic amines) is 2. The van der Waals surface area contributed by atoms with Crippen LogP contribution in [0.1, 0.15) is 61.0 Å². The first-order valence-corrected chi connectivity index (χ1v) is 13.5. The molecule has 0 saturated carbocycles. The number of nitrogens with zero attached hydrogens (tertiary/aromatic N) is 3. The highest BCUT2D eigenvalue weighted by Gasteiger charge is 2.50. The summed E-state index contributed by atoms with van der Waals surface area (Å²) in [4.78, 5) is 25.4. The summed E-state index contributed by atoms with van der Waals surface area (Å²) in [6.07, 6.45) is 2.21. The minimum atomic E-state index is 0.287. The molecule has 3 aliphatic rings. The third-order valence-corrected chi connectivity index (χ3v) is 8.45. The zero-order valence-corrected chi connectivity index (χ0v) is 22.1. The standard InChI is InChI=1S/C30H38N4O2/c1-19(2)28-25-13-23(5-6-26(25)32-29(28)24-11-20(3)31-21(4)12-24)22-7-9-33(10-8-22)14-27(35)34-15-30(16-34)17-36-18-30/h5-6,11-13,19,22,32H,7-10,14-18H2,1-4H3. The molecule has 6 nitrogen and oxygen atoms in total. The predicted octanol–water partition coefficient (Wildman–Crippen LogP) is 5.01. The van der Waals surface area contributed by atoms with Crippen LogP contribution in [-0.2, 0) is 9.53 Å². The highest BCUT2D eigenvalue weighted by molar-refractivity contribution is 5.92. The third-order valence-electron chi connectivity index (χ3n) is 8.45. The maximum Gasteiger partial charge on any atom is 0.236 e. The van der Waals surface area contributed by atoms with Crippen LogP contribution in [0, 0.1) is 19.3 Å². The SMILES string of the molecule is Cc1cc(-c2[nH]c3ccc(C4CCN(CC(=O)N5CC6(COC6)C5)CC4)cc3c2C(C)C)cc(C)n1. The van der Waals surface area contributed by atoms with Crippen LogP contribution in [0.3, 0.4) is 0 Å². The number of rotatable bonds is 5. The van der Waals surface area contributed by atoms with Crippen LogP contribution in [0.4, 0.5) is 0 Å². The first kappa shape index (κ1) is 23.7. The molecule has 0 atom stereocenters. The molecule has 5 heterocycles. The van der Waals surface area contributed by atoms with Crippen molar-refractivity contribution in [3.63, 3.8) is 0 Å². The second-order valence-electron chi connectivity index (χ2n) is 11.8. The van der Waals surface area contributed by atoms with Gasteiger partial charge in [0.05, 0.1) is 30.9 Å². The Hall–Kier alpha value is -2.70. The Balaban J connectivity index is 1.16. The van der Waals surface area contributed by atoms with E-state index in [-0.39, 0.29) is 5.91 Å². The van der Waals surface area contributed by atoms with Crippen LogP contribution in [0.2, 0.25) is 0 Å². The summed E-state index contributed by atoms with van der Waals surface area (Å²) in [5.74, 6) is 1.25. The number of piperidine rings is 1. The molecule has 0 radical (unpaired) electrons. The van der Waals surface area contributed by atoms with Crippen molar-refractivity contribution < 1.29 is 9.53 Å². The average molecular weight is 487 g/mol. The van der Waals surface area contributed by atoms with E-state index >= 15 is 0 Å². The van der Waals surface area contributed by atoms with Crippen LogP contribution in [0.25, 0.3) is 22.2 Å². The van der Waals surface area contributed by atoms with Gasteiger partial charge in [-0.25, -0.2) is 0 Å². The van der Waals surface area contributed by atoms with E-state index in [1.165, 1.54) is 33.3 Å². The van der Waals surface area contributed by atoms with Crippen molar-refractivity contribution in [3.05, 3.63) is 52.8 Å². The molecule has 3 saturated heterocycles. The number of nitrogens with one attached hydrogen (secondary N) is 1. The molecule has 3 aliphatic heterocycles. The first-order valence-electron chi connectivity index (χ1n) is 13.5. The number of hydrogen-bond donors (Lipinski definition) is 1. The number of benzene rings is 1. The van der Waals surface area contributed by atoms with E-state index in [9.17, 15) is 4.79 Å². The number of fused-ring (bicyclic) bond motifs is 1. The van der Waals surface area contributed by atoms with E-state index in [1.54, 1.807) is 0 Å². The van der Waals surface area contributed by atoms with Gasteiger partial charge in [-0.05, 0) is 87.0 Å². The summed E-state index contributed by atoms with van der Waals surface area (Å²) >= 11 is 0. The van der Waals surface area contributed by atoms with Crippen molar-refractivity contribution >= 4 is 16.8 Å². The highest BCUT2D eigenvalue weighted by atomic mass is 16.5. The average Bonchev–Trinajstić information content (AvgIpc) is 3.16. The van der Waals surface area contributed by atoms with E-state index in [2.05, 4.69) is 72.9 Å². The Morgan fingerprint density at radius 2 is 1.81 bits per heavy atom. The van der Waals surface area contributed by atoms with Gasteiger partial charge in [0.1, 0.15) is 0 Å². The van der Waals surface area contributed by atoms with Gasteiger partial charge in [0, 0.05) is 40.9 Å². The van der Waals surface area contributed by atoms with Gasteiger partial charge in [-0.3, -0.25) is 14.7 Å². The first-order chi connectivity index (χ1) is 17.3. The number of carbonyl (C=O) groups excluding carboxylic acids is 1. The minimum absolute atomic E-state index is 0.287. The van der Waals surface area contributed by atoms with Crippen molar-refractivity contribution in [1.82, 2.24) is 19.8 Å². The van der Waals surface area contributed by atoms with E-state index < -0.39 is 0 Å². The summed E-state index contributed by atoms with van der Waals surface area (Å²) in [6.45, 7) is 14.7. The van der Waals surface area contributed by atoms with Crippen molar-refractivity contribution in [1.29, 1.82) is 0 Å². The summed E-state index contributed by atoms with van der Waals surface area (Å²) in [7, 11) is 0. The molecule has 3 aromatic rings. The Labute approximate surface area is 214 Å². The number of aromatic nitrogens is 2. The van der Waals surface area contributed by atoms with Crippen LogP contribution < -0.4 is 0 Å². The molecule has 1 aromatic carbocycles.